The molecule has 0 unspecified atom stereocenters. The molecule has 0 aromatic carbocycles. The predicted octanol–water partition coefficient (Wildman–Crippen LogP) is 4.55. The number of rotatable bonds is 8. The number of ether oxygens (including phenoxy) is 1. The second-order valence-electron chi connectivity index (χ2n) is 5.06. The maximum absolute atomic E-state index is 11.5. The Balaban J connectivity index is 2.44. The van der Waals surface area contributed by atoms with Gasteiger partial charge >= 0.3 is 5.97 Å². The highest BCUT2D eigenvalue weighted by molar-refractivity contribution is 5.89. The Hall–Kier alpha value is -1.77. The lowest BCUT2D eigenvalue weighted by Gasteiger charge is -2.07. The third-order valence-corrected chi connectivity index (χ3v) is 3.16. The fraction of sp³-hybridized carbons (Fsp3) is 0.471. The lowest BCUT2D eigenvalue weighted by Crippen LogP contribution is -2.03. The van der Waals surface area contributed by atoms with Crippen LogP contribution in [0.25, 0.3) is 0 Å². The van der Waals surface area contributed by atoms with E-state index in [1.54, 1.807) is 13.0 Å². The largest absolute Gasteiger partial charge is 0.468 e. The van der Waals surface area contributed by atoms with Gasteiger partial charge in [-0.25, -0.2) is 4.79 Å². The van der Waals surface area contributed by atoms with Crippen LogP contribution in [0.3, 0.4) is 0 Å². The van der Waals surface area contributed by atoms with Gasteiger partial charge in [-0.3, -0.25) is 0 Å². The Bertz CT molecular complexity index is 468. The summed E-state index contributed by atoms with van der Waals surface area (Å²) in [6.07, 6.45) is 8.48. The Kier molecular flexibility index (Phi) is 6.85. The summed E-state index contributed by atoms with van der Waals surface area (Å²) in [4.78, 5) is 11.5. The minimum Gasteiger partial charge on any atom is -0.468 e. The van der Waals surface area contributed by atoms with Crippen LogP contribution in [0.2, 0.25) is 0 Å². The van der Waals surface area contributed by atoms with E-state index in [9.17, 15) is 4.79 Å². The van der Waals surface area contributed by atoms with Gasteiger partial charge in [0.1, 0.15) is 12.0 Å². The van der Waals surface area contributed by atoms with E-state index in [0.717, 1.165) is 25.0 Å². The first-order chi connectivity index (χ1) is 9.56. The van der Waals surface area contributed by atoms with Gasteiger partial charge in [-0.15, -0.1) is 0 Å². The number of furan rings is 1. The first-order valence-corrected chi connectivity index (χ1v) is 7.10. The highest BCUT2D eigenvalue weighted by Crippen LogP contribution is 2.17. The fourth-order valence-corrected chi connectivity index (χ4v) is 1.93. The molecule has 3 heteroatoms. The smallest absolute Gasteiger partial charge is 0.341 e. The molecule has 0 aliphatic carbocycles. The van der Waals surface area contributed by atoms with Crippen LogP contribution in [-0.4, -0.2) is 12.6 Å². The van der Waals surface area contributed by atoms with E-state index in [1.807, 2.05) is 6.08 Å². The molecular weight excluding hydrogens is 252 g/mol. The second-order valence-corrected chi connectivity index (χ2v) is 5.06. The quantitative estimate of drug-likeness (QED) is 0.516. The molecule has 0 N–H and O–H groups in total. The zero-order valence-electron chi connectivity index (χ0n) is 12.6. The van der Waals surface area contributed by atoms with Crippen LogP contribution in [0.1, 0.15) is 49.7 Å². The van der Waals surface area contributed by atoms with Crippen LogP contribution in [-0.2, 0) is 11.2 Å². The van der Waals surface area contributed by atoms with Crippen molar-refractivity contribution in [2.45, 2.75) is 40.0 Å². The molecule has 0 radical (unpaired) electrons. The van der Waals surface area contributed by atoms with Gasteiger partial charge in [0.05, 0.1) is 12.2 Å². The van der Waals surface area contributed by atoms with E-state index in [0.29, 0.717) is 18.1 Å². The molecule has 20 heavy (non-hydrogen) atoms. The minimum atomic E-state index is -0.320. The van der Waals surface area contributed by atoms with Crippen molar-refractivity contribution < 1.29 is 13.9 Å². The normalized spacial score (nSPS) is 13.1. The van der Waals surface area contributed by atoms with Gasteiger partial charge < -0.3 is 9.15 Å². The number of carbonyl (C=O) groups excluding carboxylic acids is 1. The summed E-state index contributed by atoms with van der Waals surface area (Å²) in [6, 6.07) is 1.78. The third kappa shape index (κ3) is 5.47. The highest BCUT2D eigenvalue weighted by atomic mass is 16.5. The molecule has 1 aromatic rings. The number of hydrogen-bond acceptors (Lipinski definition) is 3. The maximum Gasteiger partial charge on any atom is 0.341 e. The average molecular weight is 276 g/mol. The Morgan fingerprint density at radius 3 is 2.95 bits per heavy atom. The molecule has 110 valence electrons. The molecule has 1 heterocycles. The summed E-state index contributed by atoms with van der Waals surface area (Å²) in [7, 11) is 0. The number of carbonyl (C=O) groups is 1. The van der Waals surface area contributed by atoms with Crippen molar-refractivity contribution in [2.24, 2.45) is 5.92 Å². The number of esters is 1. The van der Waals surface area contributed by atoms with E-state index in [1.165, 1.54) is 11.8 Å². The lowest BCUT2D eigenvalue weighted by molar-refractivity contribution is 0.0525. The number of allylic oxidation sites excluding steroid dienone is 3. The molecule has 0 amide bonds. The van der Waals surface area contributed by atoms with Crippen LogP contribution >= 0.6 is 0 Å². The fourth-order valence-electron chi connectivity index (χ4n) is 1.93. The van der Waals surface area contributed by atoms with Crippen molar-refractivity contribution in [2.75, 3.05) is 6.61 Å². The highest BCUT2D eigenvalue weighted by Gasteiger charge is 2.12. The molecule has 1 atom stereocenters. The van der Waals surface area contributed by atoms with Gasteiger partial charge in [-0.1, -0.05) is 31.2 Å². The van der Waals surface area contributed by atoms with Crippen molar-refractivity contribution in [1.82, 2.24) is 0 Å². The monoisotopic (exact) mass is 276 g/mol. The van der Waals surface area contributed by atoms with Crippen molar-refractivity contribution in [3.05, 3.63) is 48.0 Å². The maximum atomic E-state index is 11.5. The molecule has 3 nitrogen and oxygen atoms in total. The van der Waals surface area contributed by atoms with Crippen LogP contribution in [0.5, 0.6) is 0 Å². The zero-order chi connectivity index (χ0) is 15.0. The summed E-state index contributed by atoms with van der Waals surface area (Å²) in [6.45, 7) is 10.1. The van der Waals surface area contributed by atoms with E-state index in [4.69, 9.17) is 9.15 Å². The Labute approximate surface area is 121 Å². The van der Waals surface area contributed by atoms with E-state index >= 15 is 0 Å². The molecule has 0 aliphatic heterocycles. The molecule has 0 saturated carbocycles. The molecule has 0 fully saturated rings. The molecule has 0 saturated heterocycles. The average Bonchev–Trinajstić information content (AvgIpc) is 2.87. The van der Waals surface area contributed by atoms with Crippen LogP contribution in [0.4, 0.5) is 0 Å². The summed E-state index contributed by atoms with van der Waals surface area (Å²) in [5.41, 5.74) is 1.70. The molecule has 1 rings (SSSR count). The molecule has 0 bridgehead atoms. The molecule has 1 aromatic heterocycles. The summed E-state index contributed by atoms with van der Waals surface area (Å²) < 4.78 is 10.4. The summed E-state index contributed by atoms with van der Waals surface area (Å²) in [5, 5.41) is 0. The van der Waals surface area contributed by atoms with E-state index in [2.05, 4.69) is 26.5 Å². The Morgan fingerprint density at radius 2 is 2.30 bits per heavy atom. The van der Waals surface area contributed by atoms with Crippen LogP contribution < -0.4 is 0 Å². The zero-order valence-corrected chi connectivity index (χ0v) is 12.6. The van der Waals surface area contributed by atoms with Crippen molar-refractivity contribution in [3.8, 4) is 0 Å². The van der Waals surface area contributed by atoms with E-state index < -0.39 is 0 Å². The summed E-state index contributed by atoms with van der Waals surface area (Å²) in [5.74, 6) is 1.02. The van der Waals surface area contributed by atoms with Gasteiger partial charge in [-0.05, 0) is 38.7 Å². The second kappa shape index (κ2) is 8.41. The topological polar surface area (TPSA) is 39.4 Å². The van der Waals surface area contributed by atoms with Gasteiger partial charge in [0.25, 0.3) is 0 Å². The molecule has 0 spiro atoms. The molecule has 0 aliphatic rings. The van der Waals surface area contributed by atoms with Crippen LogP contribution in [0.15, 0.2) is 41.1 Å². The van der Waals surface area contributed by atoms with Gasteiger partial charge in [0.2, 0.25) is 0 Å². The summed E-state index contributed by atoms with van der Waals surface area (Å²) >= 11 is 0. The van der Waals surface area contributed by atoms with Crippen molar-refractivity contribution in [1.29, 1.82) is 0 Å². The van der Waals surface area contributed by atoms with E-state index in [-0.39, 0.29) is 5.97 Å². The van der Waals surface area contributed by atoms with Crippen LogP contribution in [0, 0.1) is 5.92 Å². The third-order valence-electron chi connectivity index (χ3n) is 3.16. The first kappa shape index (κ1) is 16.3. The predicted molar refractivity (Wildman–Crippen MR) is 80.7 cm³/mol. The van der Waals surface area contributed by atoms with Gasteiger partial charge in [0, 0.05) is 6.42 Å². The SMILES string of the molecule is C=C/C(C)=C/CC[C@H](C)Cc1cc(C(=O)OCC)co1. The molecular formula is C17H24O3. The Morgan fingerprint density at radius 1 is 1.55 bits per heavy atom. The lowest BCUT2D eigenvalue weighted by atomic mass is 9.99. The first-order valence-electron chi connectivity index (χ1n) is 7.10. The van der Waals surface area contributed by atoms with Crippen molar-refractivity contribution >= 4 is 5.97 Å². The van der Waals surface area contributed by atoms with Crippen molar-refractivity contribution in [3.63, 3.8) is 0 Å². The minimum absolute atomic E-state index is 0.320. The number of hydrogen-bond donors (Lipinski definition) is 0. The van der Waals surface area contributed by atoms with Gasteiger partial charge in [0.15, 0.2) is 0 Å². The van der Waals surface area contributed by atoms with Gasteiger partial charge in [-0.2, -0.15) is 0 Å². The standard InChI is InChI=1S/C17H24O3/c1-5-13(3)8-7-9-14(4)10-16-11-15(12-20-16)17(18)19-6-2/h5,8,11-12,14H,1,6-7,9-10H2,2-4H3/b13-8+/t14-/m0/s1.